The maximum absolute atomic E-state index is 12.4. The molecule has 0 aromatic heterocycles. The summed E-state index contributed by atoms with van der Waals surface area (Å²) < 4.78 is 6.33. The van der Waals surface area contributed by atoms with Gasteiger partial charge in [-0.05, 0) is 47.0 Å². The molecule has 3 nitrogen and oxygen atoms in total. The first-order valence-electron chi connectivity index (χ1n) is 5.84. The molecule has 1 fully saturated rings. The molecule has 1 aromatic rings. The van der Waals surface area contributed by atoms with Gasteiger partial charge in [-0.3, -0.25) is 4.79 Å². The third-order valence-electron chi connectivity index (χ3n) is 3.21. The molecule has 1 saturated heterocycles. The van der Waals surface area contributed by atoms with Gasteiger partial charge >= 0.3 is 0 Å². The van der Waals surface area contributed by atoms with E-state index < -0.39 is 0 Å². The highest BCUT2D eigenvalue weighted by atomic mass is 79.9. The quantitative estimate of drug-likeness (QED) is 0.689. The Bertz CT molecular complexity index is 433. The Labute approximate surface area is 109 Å². The molecule has 2 N–H and O–H groups in total. The second kappa shape index (κ2) is 5.19. The lowest BCUT2D eigenvalue weighted by atomic mass is 9.90. The van der Waals surface area contributed by atoms with Gasteiger partial charge in [0.15, 0.2) is 5.78 Å². The summed E-state index contributed by atoms with van der Waals surface area (Å²) in [5.74, 6) is 0.140. The van der Waals surface area contributed by atoms with Gasteiger partial charge in [0.2, 0.25) is 0 Å². The number of rotatable bonds is 3. The highest BCUT2D eigenvalue weighted by Crippen LogP contribution is 2.30. The molecular formula is C13H16BrNO2. The topological polar surface area (TPSA) is 52.3 Å². The molecule has 1 aliphatic heterocycles. The average Bonchev–Trinajstić information content (AvgIpc) is 2.76. The van der Waals surface area contributed by atoms with E-state index >= 15 is 0 Å². The van der Waals surface area contributed by atoms with Gasteiger partial charge in [-0.15, -0.1) is 0 Å². The number of Topliss-reactive ketones (excluding diaryl/α,β-unsaturated/α-hetero) is 1. The first kappa shape index (κ1) is 12.6. The predicted octanol–water partition coefficient (Wildman–Crippen LogP) is 3.03. The van der Waals surface area contributed by atoms with E-state index in [1.165, 1.54) is 0 Å². The summed E-state index contributed by atoms with van der Waals surface area (Å²) in [6, 6.07) is 5.31. The molecule has 1 aromatic carbocycles. The lowest BCUT2D eigenvalue weighted by Gasteiger charge is -2.16. The molecule has 2 rings (SSSR count). The molecule has 4 heteroatoms. The summed E-state index contributed by atoms with van der Waals surface area (Å²) in [6.07, 6.45) is 1.75. The molecule has 1 aliphatic rings. The van der Waals surface area contributed by atoms with E-state index in [1.54, 1.807) is 18.2 Å². The van der Waals surface area contributed by atoms with Crippen molar-refractivity contribution in [3.8, 4) is 0 Å². The normalized spacial score (nSPS) is 23.9. The monoisotopic (exact) mass is 297 g/mol. The van der Waals surface area contributed by atoms with Gasteiger partial charge in [-0.25, -0.2) is 0 Å². The van der Waals surface area contributed by atoms with Crippen LogP contribution in [0.4, 0.5) is 5.69 Å². The van der Waals surface area contributed by atoms with Gasteiger partial charge in [0.1, 0.15) is 0 Å². The van der Waals surface area contributed by atoms with Gasteiger partial charge < -0.3 is 10.5 Å². The van der Waals surface area contributed by atoms with Crippen LogP contribution in [0, 0.1) is 5.92 Å². The van der Waals surface area contributed by atoms with Crippen molar-refractivity contribution in [2.24, 2.45) is 5.92 Å². The number of nitrogens with two attached hydrogens (primary N) is 1. The Kier molecular flexibility index (Phi) is 3.84. The molecule has 2 unspecified atom stereocenters. The van der Waals surface area contributed by atoms with Crippen LogP contribution in [-0.4, -0.2) is 18.5 Å². The zero-order chi connectivity index (χ0) is 12.4. The fourth-order valence-corrected chi connectivity index (χ4v) is 2.87. The molecule has 0 bridgehead atoms. The fourth-order valence-electron chi connectivity index (χ4n) is 2.28. The summed E-state index contributed by atoms with van der Waals surface area (Å²) in [5, 5.41) is 0. The van der Waals surface area contributed by atoms with Crippen LogP contribution < -0.4 is 5.73 Å². The Balaban J connectivity index is 2.24. The van der Waals surface area contributed by atoms with Gasteiger partial charge in [0, 0.05) is 22.3 Å². The van der Waals surface area contributed by atoms with Crippen molar-refractivity contribution in [1.82, 2.24) is 0 Å². The SMILES string of the molecule is CCC1OCCC1C(=O)c1ccc(N)cc1Br. The smallest absolute Gasteiger partial charge is 0.169 e. The van der Waals surface area contributed by atoms with Crippen LogP contribution in [-0.2, 0) is 4.74 Å². The predicted molar refractivity (Wildman–Crippen MR) is 71.0 cm³/mol. The van der Waals surface area contributed by atoms with Gasteiger partial charge in [0.25, 0.3) is 0 Å². The fraction of sp³-hybridized carbons (Fsp3) is 0.462. The zero-order valence-corrected chi connectivity index (χ0v) is 11.4. The molecule has 17 heavy (non-hydrogen) atoms. The van der Waals surface area contributed by atoms with Crippen molar-refractivity contribution in [2.75, 3.05) is 12.3 Å². The number of hydrogen-bond donors (Lipinski definition) is 1. The maximum Gasteiger partial charge on any atom is 0.169 e. The summed E-state index contributed by atoms with van der Waals surface area (Å²) >= 11 is 3.40. The molecule has 0 aliphatic carbocycles. The molecule has 0 spiro atoms. The second-order valence-electron chi connectivity index (χ2n) is 4.32. The van der Waals surface area contributed by atoms with Crippen molar-refractivity contribution >= 4 is 27.4 Å². The minimum absolute atomic E-state index is 0.0140. The number of carbonyl (C=O) groups is 1. The lowest BCUT2D eigenvalue weighted by molar-refractivity contribution is 0.0688. The Morgan fingerprint density at radius 2 is 2.35 bits per heavy atom. The van der Waals surface area contributed by atoms with Crippen molar-refractivity contribution < 1.29 is 9.53 Å². The molecule has 92 valence electrons. The van der Waals surface area contributed by atoms with Crippen molar-refractivity contribution in [3.63, 3.8) is 0 Å². The maximum atomic E-state index is 12.4. The molecule has 2 atom stereocenters. The van der Waals surface area contributed by atoms with Gasteiger partial charge in [-0.2, -0.15) is 0 Å². The van der Waals surface area contributed by atoms with Gasteiger partial charge in [0.05, 0.1) is 12.0 Å². The minimum Gasteiger partial charge on any atom is -0.399 e. The number of nitrogen functional groups attached to an aromatic ring is 1. The highest BCUT2D eigenvalue weighted by molar-refractivity contribution is 9.10. The summed E-state index contributed by atoms with van der Waals surface area (Å²) in [7, 11) is 0. The first-order valence-corrected chi connectivity index (χ1v) is 6.63. The molecule has 1 heterocycles. The van der Waals surface area contributed by atoms with Crippen LogP contribution in [0.25, 0.3) is 0 Å². The molecular weight excluding hydrogens is 282 g/mol. The van der Waals surface area contributed by atoms with Crippen LogP contribution in [0.1, 0.15) is 30.1 Å². The number of ether oxygens (including phenoxy) is 1. The Morgan fingerprint density at radius 3 is 3.00 bits per heavy atom. The van der Waals surface area contributed by atoms with Crippen molar-refractivity contribution in [1.29, 1.82) is 0 Å². The van der Waals surface area contributed by atoms with E-state index in [0.717, 1.165) is 17.3 Å². The van der Waals surface area contributed by atoms with Crippen molar-refractivity contribution in [2.45, 2.75) is 25.9 Å². The van der Waals surface area contributed by atoms with E-state index in [2.05, 4.69) is 15.9 Å². The first-order chi connectivity index (χ1) is 8.13. The average molecular weight is 298 g/mol. The largest absolute Gasteiger partial charge is 0.399 e. The lowest BCUT2D eigenvalue weighted by Crippen LogP contribution is -2.24. The van der Waals surface area contributed by atoms with E-state index in [0.29, 0.717) is 17.9 Å². The van der Waals surface area contributed by atoms with E-state index in [4.69, 9.17) is 10.5 Å². The Hall–Kier alpha value is -0.870. The number of benzene rings is 1. The number of carbonyl (C=O) groups excluding carboxylic acids is 1. The third-order valence-corrected chi connectivity index (χ3v) is 3.86. The Morgan fingerprint density at radius 1 is 1.59 bits per heavy atom. The highest BCUT2D eigenvalue weighted by Gasteiger charge is 2.33. The number of ketones is 1. The second-order valence-corrected chi connectivity index (χ2v) is 5.17. The van der Waals surface area contributed by atoms with Crippen molar-refractivity contribution in [3.05, 3.63) is 28.2 Å². The van der Waals surface area contributed by atoms with Crippen LogP contribution in [0.3, 0.4) is 0 Å². The van der Waals surface area contributed by atoms with Gasteiger partial charge in [-0.1, -0.05) is 6.92 Å². The summed E-state index contributed by atoms with van der Waals surface area (Å²) in [5.41, 5.74) is 7.03. The number of hydrogen-bond acceptors (Lipinski definition) is 3. The number of anilines is 1. The van der Waals surface area contributed by atoms with E-state index in [9.17, 15) is 4.79 Å². The number of halogens is 1. The third kappa shape index (κ3) is 2.53. The van der Waals surface area contributed by atoms with Crippen LogP contribution >= 0.6 is 15.9 Å². The molecule has 0 amide bonds. The zero-order valence-electron chi connectivity index (χ0n) is 9.78. The minimum atomic E-state index is -0.0140. The summed E-state index contributed by atoms with van der Waals surface area (Å²) in [6.45, 7) is 2.73. The standard InChI is InChI=1S/C13H16BrNO2/c1-2-12-10(5-6-17-12)13(16)9-4-3-8(15)7-11(9)14/h3-4,7,10,12H,2,5-6,15H2,1H3. The van der Waals surface area contributed by atoms with E-state index in [1.807, 2.05) is 6.92 Å². The van der Waals surface area contributed by atoms with Crippen LogP contribution in [0.15, 0.2) is 22.7 Å². The summed E-state index contributed by atoms with van der Waals surface area (Å²) in [4.78, 5) is 12.4. The van der Waals surface area contributed by atoms with Crippen LogP contribution in [0.5, 0.6) is 0 Å². The van der Waals surface area contributed by atoms with E-state index in [-0.39, 0.29) is 17.8 Å². The van der Waals surface area contributed by atoms with Crippen LogP contribution in [0.2, 0.25) is 0 Å². The molecule has 0 saturated carbocycles. The molecule has 0 radical (unpaired) electrons.